The van der Waals surface area contributed by atoms with Gasteiger partial charge in [-0.25, -0.2) is 4.98 Å². The third-order valence-electron chi connectivity index (χ3n) is 3.29. The summed E-state index contributed by atoms with van der Waals surface area (Å²) in [5, 5.41) is 0.616. The Balaban J connectivity index is 2.17. The summed E-state index contributed by atoms with van der Waals surface area (Å²) in [7, 11) is 0. The number of amides is 1. The normalized spacial score (nSPS) is 24.7. The summed E-state index contributed by atoms with van der Waals surface area (Å²) in [6.45, 7) is 2.78. The van der Waals surface area contributed by atoms with Crippen LogP contribution in [0.1, 0.15) is 19.8 Å². The van der Waals surface area contributed by atoms with Gasteiger partial charge in [0.1, 0.15) is 5.82 Å². The van der Waals surface area contributed by atoms with Gasteiger partial charge in [0.2, 0.25) is 5.91 Å². The molecule has 1 fully saturated rings. The highest BCUT2D eigenvalue weighted by molar-refractivity contribution is 6.30. The molecule has 17 heavy (non-hydrogen) atoms. The van der Waals surface area contributed by atoms with E-state index in [0.29, 0.717) is 17.6 Å². The number of piperidine rings is 1. The van der Waals surface area contributed by atoms with E-state index in [9.17, 15) is 4.79 Å². The summed E-state index contributed by atoms with van der Waals surface area (Å²) >= 11 is 5.81. The molecular formula is C12H16ClN3O. The Morgan fingerprint density at radius 1 is 1.53 bits per heavy atom. The lowest BCUT2D eigenvalue weighted by atomic mass is 9.93. The van der Waals surface area contributed by atoms with Crippen LogP contribution in [0.15, 0.2) is 18.3 Å². The summed E-state index contributed by atoms with van der Waals surface area (Å²) in [4.78, 5) is 17.7. The highest BCUT2D eigenvalue weighted by Crippen LogP contribution is 2.26. The third kappa shape index (κ3) is 2.69. The fourth-order valence-electron chi connectivity index (χ4n) is 2.20. The molecule has 5 heteroatoms. The summed E-state index contributed by atoms with van der Waals surface area (Å²) in [6, 6.07) is 4.06. The van der Waals surface area contributed by atoms with Crippen molar-refractivity contribution in [2.45, 2.75) is 25.8 Å². The van der Waals surface area contributed by atoms with Crippen molar-refractivity contribution in [3.05, 3.63) is 23.4 Å². The SMILES string of the molecule is CC1CCC(C(N)=O)CN1c1ccc(Cl)cn1. The molecule has 92 valence electrons. The summed E-state index contributed by atoms with van der Waals surface area (Å²) in [5.74, 6) is 0.549. The molecule has 1 aliphatic heterocycles. The van der Waals surface area contributed by atoms with Crippen molar-refractivity contribution in [1.29, 1.82) is 0 Å². The topological polar surface area (TPSA) is 59.2 Å². The monoisotopic (exact) mass is 253 g/mol. The van der Waals surface area contributed by atoms with E-state index in [1.807, 2.05) is 12.1 Å². The molecule has 1 aromatic rings. The maximum absolute atomic E-state index is 11.2. The molecule has 1 saturated heterocycles. The van der Waals surface area contributed by atoms with E-state index in [0.717, 1.165) is 18.7 Å². The predicted molar refractivity (Wildman–Crippen MR) is 68.0 cm³/mol. The van der Waals surface area contributed by atoms with Crippen LogP contribution in [-0.2, 0) is 4.79 Å². The van der Waals surface area contributed by atoms with Gasteiger partial charge in [-0.05, 0) is 31.9 Å². The van der Waals surface area contributed by atoms with E-state index >= 15 is 0 Å². The number of hydrogen-bond donors (Lipinski definition) is 1. The number of halogens is 1. The number of hydrogen-bond acceptors (Lipinski definition) is 3. The molecule has 2 rings (SSSR count). The molecule has 4 nitrogen and oxygen atoms in total. The Morgan fingerprint density at radius 3 is 2.88 bits per heavy atom. The fraction of sp³-hybridized carbons (Fsp3) is 0.500. The van der Waals surface area contributed by atoms with Crippen LogP contribution in [0.5, 0.6) is 0 Å². The highest BCUT2D eigenvalue weighted by atomic mass is 35.5. The van der Waals surface area contributed by atoms with Crippen LogP contribution in [-0.4, -0.2) is 23.5 Å². The Kier molecular flexibility index (Phi) is 3.52. The number of primary amides is 1. The number of rotatable bonds is 2. The second-order valence-electron chi connectivity index (χ2n) is 4.51. The number of anilines is 1. The first kappa shape index (κ1) is 12.2. The number of carbonyl (C=O) groups is 1. The Bertz CT molecular complexity index is 407. The van der Waals surface area contributed by atoms with E-state index in [-0.39, 0.29) is 11.8 Å². The molecule has 2 atom stereocenters. The van der Waals surface area contributed by atoms with E-state index in [2.05, 4.69) is 16.8 Å². The zero-order valence-electron chi connectivity index (χ0n) is 9.77. The smallest absolute Gasteiger partial charge is 0.222 e. The lowest BCUT2D eigenvalue weighted by Gasteiger charge is -2.37. The predicted octanol–water partition coefficient (Wildman–Crippen LogP) is 1.83. The molecule has 0 spiro atoms. The minimum absolute atomic E-state index is 0.0799. The second kappa shape index (κ2) is 4.92. The van der Waals surface area contributed by atoms with E-state index in [1.165, 1.54) is 0 Å². The van der Waals surface area contributed by atoms with Gasteiger partial charge in [0.25, 0.3) is 0 Å². The van der Waals surface area contributed by atoms with Crippen LogP contribution >= 0.6 is 11.6 Å². The van der Waals surface area contributed by atoms with Gasteiger partial charge < -0.3 is 10.6 Å². The van der Waals surface area contributed by atoms with E-state index in [4.69, 9.17) is 17.3 Å². The van der Waals surface area contributed by atoms with Gasteiger partial charge in [-0.2, -0.15) is 0 Å². The third-order valence-corrected chi connectivity index (χ3v) is 3.51. The van der Waals surface area contributed by atoms with Gasteiger partial charge in [0, 0.05) is 18.8 Å². The first-order chi connectivity index (χ1) is 8.08. The summed E-state index contributed by atoms with van der Waals surface area (Å²) < 4.78 is 0. The summed E-state index contributed by atoms with van der Waals surface area (Å²) in [5.41, 5.74) is 5.37. The molecule has 1 aromatic heterocycles. The van der Waals surface area contributed by atoms with Crippen LogP contribution in [0.2, 0.25) is 5.02 Å². The average molecular weight is 254 g/mol. The number of nitrogens with two attached hydrogens (primary N) is 1. The van der Waals surface area contributed by atoms with Crippen molar-refractivity contribution < 1.29 is 4.79 Å². The van der Waals surface area contributed by atoms with Gasteiger partial charge in [0.05, 0.1) is 10.9 Å². The molecule has 0 aromatic carbocycles. The zero-order chi connectivity index (χ0) is 12.4. The first-order valence-corrected chi connectivity index (χ1v) is 6.13. The lowest BCUT2D eigenvalue weighted by Crippen LogP contribution is -2.46. The molecular weight excluding hydrogens is 238 g/mol. The van der Waals surface area contributed by atoms with Gasteiger partial charge in [-0.3, -0.25) is 4.79 Å². The number of pyridine rings is 1. The maximum Gasteiger partial charge on any atom is 0.222 e. The fourth-order valence-corrected chi connectivity index (χ4v) is 2.31. The van der Waals surface area contributed by atoms with Crippen molar-refractivity contribution in [1.82, 2.24) is 4.98 Å². The van der Waals surface area contributed by atoms with Crippen LogP contribution in [0.25, 0.3) is 0 Å². The molecule has 2 unspecified atom stereocenters. The molecule has 2 heterocycles. The van der Waals surface area contributed by atoms with Crippen LogP contribution in [0, 0.1) is 5.92 Å². The first-order valence-electron chi connectivity index (χ1n) is 5.75. The molecule has 0 radical (unpaired) electrons. The van der Waals surface area contributed by atoms with Crippen LogP contribution < -0.4 is 10.6 Å². The summed E-state index contributed by atoms with van der Waals surface area (Å²) in [6.07, 6.45) is 3.44. The number of carbonyl (C=O) groups excluding carboxylic acids is 1. The maximum atomic E-state index is 11.2. The molecule has 0 bridgehead atoms. The van der Waals surface area contributed by atoms with Gasteiger partial charge in [-0.15, -0.1) is 0 Å². The second-order valence-corrected chi connectivity index (χ2v) is 4.95. The van der Waals surface area contributed by atoms with E-state index < -0.39 is 0 Å². The van der Waals surface area contributed by atoms with Crippen LogP contribution in [0.3, 0.4) is 0 Å². The molecule has 0 aliphatic carbocycles. The quantitative estimate of drug-likeness (QED) is 0.875. The van der Waals surface area contributed by atoms with Gasteiger partial charge in [0.15, 0.2) is 0 Å². The van der Waals surface area contributed by atoms with Crippen molar-refractivity contribution in [2.75, 3.05) is 11.4 Å². The Labute approximate surface area is 106 Å². The van der Waals surface area contributed by atoms with Gasteiger partial charge in [-0.1, -0.05) is 11.6 Å². The lowest BCUT2D eigenvalue weighted by molar-refractivity contribution is -0.122. The molecule has 1 amide bonds. The Morgan fingerprint density at radius 2 is 2.29 bits per heavy atom. The van der Waals surface area contributed by atoms with Crippen molar-refractivity contribution in [2.24, 2.45) is 11.7 Å². The minimum Gasteiger partial charge on any atom is -0.369 e. The standard InChI is InChI=1S/C12H16ClN3O/c1-8-2-3-9(12(14)17)7-16(8)11-5-4-10(13)6-15-11/h4-6,8-9H,2-3,7H2,1H3,(H2,14,17). The van der Waals surface area contributed by atoms with Gasteiger partial charge >= 0.3 is 0 Å². The highest BCUT2D eigenvalue weighted by Gasteiger charge is 2.29. The van der Waals surface area contributed by atoms with Crippen LogP contribution in [0.4, 0.5) is 5.82 Å². The average Bonchev–Trinajstić information content (AvgIpc) is 2.31. The van der Waals surface area contributed by atoms with Crippen molar-refractivity contribution in [3.8, 4) is 0 Å². The van der Waals surface area contributed by atoms with Crippen molar-refractivity contribution in [3.63, 3.8) is 0 Å². The number of nitrogens with zero attached hydrogens (tertiary/aromatic N) is 2. The molecule has 0 saturated carbocycles. The van der Waals surface area contributed by atoms with Crippen molar-refractivity contribution >= 4 is 23.3 Å². The zero-order valence-corrected chi connectivity index (χ0v) is 10.5. The Hall–Kier alpha value is -1.29. The molecule has 2 N–H and O–H groups in total. The minimum atomic E-state index is -0.226. The largest absolute Gasteiger partial charge is 0.369 e. The molecule has 1 aliphatic rings. The number of aromatic nitrogens is 1. The van der Waals surface area contributed by atoms with E-state index in [1.54, 1.807) is 6.20 Å².